The largest absolute Gasteiger partial charge is 0.465 e. The molecule has 2 N–H and O–H groups in total. The first-order chi connectivity index (χ1) is 16.8. The second-order valence-corrected chi connectivity index (χ2v) is 7.89. The number of benzodiazepines with no additional fused rings is 1. The summed E-state index contributed by atoms with van der Waals surface area (Å²) in [6.07, 6.45) is -1.31. The van der Waals surface area contributed by atoms with Gasteiger partial charge in [0.2, 0.25) is 6.17 Å². The molecule has 3 aromatic carbocycles. The van der Waals surface area contributed by atoms with E-state index in [1.807, 2.05) is 0 Å². The van der Waals surface area contributed by atoms with Gasteiger partial charge in [-0.3, -0.25) is 4.79 Å². The van der Waals surface area contributed by atoms with Crippen molar-refractivity contribution in [3.63, 3.8) is 0 Å². The van der Waals surface area contributed by atoms with Crippen LogP contribution in [0.15, 0.2) is 71.7 Å². The summed E-state index contributed by atoms with van der Waals surface area (Å²) < 4.78 is 19.4. The lowest BCUT2D eigenvalue weighted by Crippen LogP contribution is -2.47. The van der Waals surface area contributed by atoms with E-state index in [1.54, 1.807) is 68.6 Å². The van der Waals surface area contributed by atoms with Crippen LogP contribution in [0.5, 0.6) is 0 Å². The van der Waals surface area contributed by atoms with Gasteiger partial charge in [-0.15, -0.1) is 0 Å². The van der Waals surface area contributed by atoms with Gasteiger partial charge in [-0.25, -0.2) is 19.0 Å². The Bertz CT molecular complexity index is 1350. The van der Waals surface area contributed by atoms with E-state index in [4.69, 9.17) is 4.74 Å². The number of benzene rings is 3. The summed E-state index contributed by atoms with van der Waals surface area (Å²) in [6, 6.07) is 17.1. The van der Waals surface area contributed by atoms with Crippen molar-refractivity contribution in [2.75, 3.05) is 24.4 Å². The molecule has 1 aliphatic heterocycles. The van der Waals surface area contributed by atoms with Crippen LogP contribution >= 0.6 is 0 Å². The lowest BCUT2D eigenvalue weighted by molar-refractivity contribution is -0.119. The van der Waals surface area contributed by atoms with Crippen molar-refractivity contribution in [1.82, 2.24) is 5.32 Å². The molecule has 9 heteroatoms. The van der Waals surface area contributed by atoms with E-state index >= 15 is 0 Å². The van der Waals surface area contributed by atoms with Crippen molar-refractivity contribution >= 4 is 35.0 Å². The number of amides is 3. The highest BCUT2D eigenvalue weighted by molar-refractivity contribution is 6.20. The second kappa shape index (κ2) is 9.76. The summed E-state index contributed by atoms with van der Waals surface area (Å²) in [7, 11) is 2.86. The number of anilines is 2. The first kappa shape index (κ1) is 23.6. The lowest BCUT2D eigenvalue weighted by Gasteiger charge is -2.21. The van der Waals surface area contributed by atoms with Crippen LogP contribution in [0.1, 0.15) is 27.0 Å². The van der Waals surface area contributed by atoms with Crippen molar-refractivity contribution in [1.29, 1.82) is 0 Å². The summed E-state index contributed by atoms with van der Waals surface area (Å²) in [5, 5.41) is 5.24. The maximum absolute atomic E-state index is 14.7. The molecule has 0 radical (unpaired) electrons. The minimum atomic E-state index is -1.31. The zero-order valence-electron chi connectivity index (χ0n) is 19.3. The number of nitrogens with one attached hydrogen (secondary N) is 2. The Morgan fingerprint density at radius 2 is 1.71 bits per heavy atom. The van der Waals surface area contributed by atoms with Crippen LogP contribution in [-0.2, 0) is 9.53 Å². The second-order valence-electron chi connectivity index (χ2n) is 7.89. The molecule has 0 saturated heterocycles. The predicted molar refractivity (Wildman–Crippen MR) is 130 cm³/mol. The van der Waals surface area contributed by atoms with Crippen molar-refractivity contribution in [2.24, 2.45) is 4.99 Å². The molecule has 0 saturated carbocycles. The van der Waals surface area contributed by atoms with Crippen LogP contribution in [-0.4, -0.2) is 43.9 Å². The number of hydrogen-bond donors (Lipinski definition) is 2. The van der Waals surface area contributed by atoms with Gasteiger partial charge in [0.25, 0.3) is 5.91 Å². The summed E-state index contributed by atoms with van der Waals surface area (Å²) in [5.74, 6) is -1.48. The monoisotopic (exact) mass is 474 g/mol. The van der Waals surface area contributed by atoms with E-state index in [9.17, 15) is 18.8 Å². The number of nitrogens with zero attached hydrogens (tertiary/aromatic N) is 2. The minimum Gasteiger partial charge on any atom is -0.465 e. The SMILES string of the molecule is COC(=O)c1ccc(NC(=O)NC2N=C(c3ccccc3F)c3ccccc3N(C)C2=O)c(C)c1. The Balaban J connectivity index is 1.66. The number of methoxy groups -OCH3 is 1. The van der Waals surface area contributed by atoms with Crippen LogP contribution in [0, 0.1) is 12.7 Å². The molecule has 8 nitrogen and oxygen atoms in total. The molecular formula is C26H23FN4O4. The van der Waals surface area contributed by atoms with Crippen LogP contribution in [0.4, 0.5) is 20.6 Å². The molecule has 3 amide bonds. The highest BCUT2D eigenvalue weighted by atomic mass is 19.1. The minimum absolute atomic E-state index is 0.213. The van der Waals surface area contributed by atoms with Gasteiger partial charge in [0, 0.05) is 23.9 Å². The summed E-state index contributed by atoms with van der Waals surface area (Å²) >= 11 is 0. The number of carbonyl (C=O) groups is 3. The van der Waals surface area contributed by atoms with E-state index in [1.165, 1.54) is 24.1 Å². The van der Waals surface area contributed by atoms with Gasteiger partial charge in [0.1, 0.15) is 5.82 Å². The fourth-order valence-electron chi connectivity index (χ4n) is 3.82. The molecular weight excluding hydrogens is 451 g/mol. The number of hydrogen-bond acceptors (Lipinski definition) is 5. The maximum atomic E-state index is 14.7. The Hall–Kier alpha value is -4.53. The third kappa shape index (κ3) is 4.74. The van der Waals surface area contributed by atoms with Gasteiger partial charge in [-0.05, 0) is 48.9 Å². The van der Waals surface area contributed by atoms with Gasteiger partial charge in [0.15, 0.2) is 0 Å². The van der Waals surface area contributed by atoms with Crippen LogP contribution in [0.3, 0.4) is 0 Å². The van der Waals surface area contributed by atoms with Gasteiger partial charge in [-0.2, -0.15) is 0 Å². The highest BCUT2D eigenvalue weighted by Crippen LogP contribution is 2.28. The smallest absolute Gasteiger partial charge is 0.337 e. The van der Waals surface area contributed by atoms with Crippen molar-refractivity contribution in [3.05, 3.63) is 94.8 Å². The Morgan fingerprint density at radius 3 is 2.40 bits per heavy atom. The van der Waals surface area contributed by atoms with E-state index in [0.717, 1.165) is 0 Å². The fraction of sp³-hybridized carbons (Fsp3) is 0.154. The summed E-state index contributed by atoms with van der Waals surface area (Å²) in [6.45, 7) is 1.72. The topological polar surface area (TPSA) is 100 Å². The number of ether oxygens (including phenoxy) is 1. The number of aryl methyl sites for hydroxylation is 1. The average molecular weight is 474 g/mol. The maximum Gasteiger partial charge on any atom is 0.337 e. The molecule has 1 unspecified atom stereocenters. The molecule has 0 aliphatic carbocycles. The van der Waals surface area contributed by atoms with E-state index in [-0.39, 0.29) is 11.3 Å². The molecule has 0 bridgehead atoms. The normalized spacial score (nSPS) is 15.0. The van der Waals surface area contributed by atoms with Gasteiger partial charge in [-0.1, -0.05) is 30.3 Å². The first-order valence-electron chi connectivity index (χ1n) is 10.8. The van der Waals surface area contributed by atoms with Crippen LogP contribution < -0.4 is 15.5 Å². The zero-order valence-corrected chi connectivity index (χ0v) is 19.3. The number of para-hydroxylation sites is 1. The third-order valence-corrected chi connectivity index (χ3v) is 5.64. The Kier molecular flexibility index (Phi) is 6.59. The molecule has 1 atom stereocenters. The number of likely N-dealkylation sites (N-methyl/N-ethyl adjacent to an activating group) is 1. The summed E-state index contributed by atoms with van der Waals surface area (Å²) in [4.78, 5) is 43.6. The van der Waals surface area contributed by atoms with Crippen molar-refractivity contribution < 1.29 is 23.5 Å². The predicted octanol–water partition coefficient (Wildman–Crippen LogP) is 3.88. The van der Waals surface area contributed by atoms with Crippen LogP contribution in [0.25, 0.3) is 0 Å². The Labute approximate surface area is 201 Å². The quantitative estimate of drug-likeness (QED) is 0.561. The van der Waals surface area contributed by atoms with Crippen LogP contribution in [0.2, 0.25) is 0 Å². The molecule has 1 aliphatic rings. The van der Waals surface area contributed by atoms with Crippen molar-refractivity contribution in [3.8, 4) is 0 Å². The third-order valence-electron chi connectivity index (χ3n) is 5.64. The van der Waals surface area contributed by atoms with E-state index in [0.29, 0.717) is 28.1 Å². The molecule has 0 fully saturated rings. The van der Waals surface area contributed by atoms with Crippen molar-refractivity contribution in [2.45, 2.75) is 13.1 Å². The van der Waals surface area contributed by atoms with Gasteiger partial charge in [0.05, 0.1) is 24.1 Å². The molecule has 0 aromatic heterocycles. The summed E-state index contributed by atoms with van der Waals surface area (Å²) in [5.41, 5.74) is 2.96. The molecule has 3 aromatic rings. The fourth-order valence-corrected chi connectivity index (χ4v) is 3.82. The molecule has 35 heavy (non-hydrogen) atoms. The zero-order chi connectivity index (χ0) is 25.1. The average Bonchev–Trinajstić information content (AvgIpc) is 2.96. The number of rotatable bonds is 4. The standard InChI is InChI=1S/C26H23FN4O4/c1-15-14-16(25(33)35-3)12-13-20(15)28-26(34)30-23-24(32)31(2)21-11-7-5-9-18(21)22(29-23)17-8-4-6-10-19(17)27/h4-14,23H,1-3H3,(H2,28,30,34). The van der Waals surface area contributed by atoms with Gasteiger partial charge >= 0.3 is 12.0 Å². The number of aliphatic imine (C=N–C) groups is 1. The molecule has 4 rings (SSSR count). The number of urea groups is 1. The molecule has 178 valence electrons. The van der Waals surface area contributed by atoms with E-state index < -0.39 is 29.9 Å². The number of carbonyl (C=O) groups excluding carboxylic acids is 3. The number of esters is 1. The number of halogens is 1. The van der Waals surface area contributed by atoms with E-state index in [2.05, 4.69) is 15.6 Å². The first-order valence-corrected chi connectivity index (χ1v) is 10.8. The number of fused-ring (bicyclic) bond motifs is 1. The van der Waals surface area contributed by atoms with Gasteiger partial charge < -0.3 is 20.3 Å². The highest BCUT2D eigenvalue weighted by Gasteiger charge is 2.31. The molecule has 1 heterocycles. The lowest BCUT2D eigenvalue weighted by atomic mass is 10.00. The molecule has 0 spiro atoms. The Morgan fingerprint density at radius 1 is 1.03 bits per heavy atom.